The molecule has 19 heavy (non-hydrogen) atoms. The van der Waals surface area contributed by atoms with Crippen molar-refractivity contribution >= 4 is 5.52 Å². The van der Waals surface area contributed by atoms with Crippen LogP contribution in [0, 0.1) is 13.8 Å². The molecule has 0 atom stereocenters. The molecule has 1 N–H and O–H groups in total. The maximum atomic E-state index is 4.45. The zero-order chi connectivity index (χ0) is 13.6. The number of hydrogen-bond donors (Lipinski definition) is 1. The van der Waals surface area contributed by atoms with E-state index in [0.29, 0.717) is 0 Å². The molecule has 5 nitrogen and oxygen atoms in total. The van der Waals surface area contributed by atoms with Gasteiger partial charge >= 0.3 is 0 Å². The van der Waals surface area contributed by atoms with Crippen LogP contribution in [0.15, 0.2) is 24.5 Å². The maximum Gasteiger partial charge on any atom is 0.160 e. The molecule has 0 spiro atoms. The maximum absolute atomic E-state index is 4.45. The van der Waals surface area contributed by atoms with Crippen LogP contribution in [0.25, 0.3) is 5.52 Å². The number of aryl methyl sites for hydroxylation is 2. The number of nitrogens with one attached hydrogen (secondary N) is 1. The van der Waals surface area contributed by atoms with Gasteiger partial charge in [-0.15, -0.1) is 0 Å². The molecule has 3 heterocycles. The number of aromatic nitrogens is 5. The molecular formula is C14H17N5. The lowest BCUT2D eigenvalue weighted by molar-refractivity contribution is 0.588. The Labute approximate surface area is 111 Å². The molecular weight excluding hydrogens is 238 g/mol. The summed E-state index contributed by atoms with van der Waals surface area (Å²) in [7, 11) is 0. The lowest BCUT2D eigenvalue weighted by Crippen LogP contribution is -2.21. The van der Waals surface area contributed by atoms with Gasteiger partial charge in [-0.3, -0.25) is 5.10 Å². The van der Waals surface area contributed by atoms with Crippen LogP contribution in [0.5, 0.6) is 0 Å². The van der Waals surface area contributed by atoms with Crippen molar-refractivity contribution in [3.05, 3.63) is 47.3 Å². The Kier molecular flexibility index (Phi) is 2.45. The van der Waals surface area contributed by atoms with E-state index in [4.69, 9.17) is 0 Å². The van der Waals surface area contributed by atoms with E-state index in [9.17, 15) is 0 Å². The van der Waals surface area contributed by atoms with Crippen molar-refractivity contribution in [3.63, 3.8) is 0 Å². The van der Waals surface area contributed by atoms with Gasteiger partial charge in [-0.1, -0.05) is 6.07 Å². The van der Waals surface area contributed by atoms with Gasteiger partial charge in [0.2, 0.25) is 0 Å². The van der Waals surface area contributed by atoms with E-state index in [1.807, 2.05) is 23.8 Å². The number of rotatable bonds is 2. The monoisotopic (exact) mass is 255 g/mol. The molecule has 0 unspecified atom stereocenters. The number of fused-ring (bicyclic) bond motifs is 1. The molecule has 0 aliphatic carbocycles. The molecule has 0 aliphatic heterocycles. The van der Waals surface area contributed by atoms with Crippen molar-refractivity contribution in [1.29, 1.82) is 0 Å². The molecule has 0 bridgehead atoms. The molecule has 0 aliphatic rings. The molecule has 0 saturated heterocycles. The molecule has 3 aromatic heterocycles. The first-order valence-corrected chi connectivity index (χ1v) is 6.32. The average Bonchev–Trinajstić information content (AvgIpc) is 2.96. The van der Waals surface area contributed by atoms with Gasteiger partial charge in [0.15, 0.2) is 5.82 Å². The second kappa shape index (κ2) is 3.91. The summed E-state index contributed by atoms with van der Waals surface area (Å²) in [5.41, 5.74) is 3.20. The quantitative estimate of drug-likeness (QED) is 0.765. The molecule has 0 radical (unpaired) electrons. The normalized spacial score (nSPS) is 12.2. The number of nitrogens with zero attached hydrogens (tertiary/aromatic N) is 4. The first kappa shape index (κ1) is 11.9. The summed E-state index contributed by atoms with van der Waals surface area (Å²) in [5, 5.41) is 11.5. The van der Waals surface area contributed by atoms with Crippen LogP contribution in [-0.2, 0) is 5.41 Å². The highest BCUT2D eigenvalue weighted by Gasteiger charge is 2.28. The van der Waals surface area contributed by atoms with Crippen LogP contribution < -0.4 is 0 Å². The number of H-pyrrole nitrogens is 1. The summed E-state index contributed by atoms with van der Waals surface area (Å²) < 4.78 is 1.91. The smallest absolute Gasteiger partial charge is 0.160 e. The summed E-state index contributed by atoms with van der Waals surface area (Å²) in [5.74, 6) is 1.63. The van der Waals surface area contributed by atoms with Crippen molar-refractivity contribution in [1.82, 2.24) is 24.8 Å². The summed E-state index contributed by atoms with van der Waals surface area (Å²) in [4.78, 5) is 4.45. The van der Waals surface area contributed by atoms with Gasteiger partial charge in [0.1, 0.15) is 5.82 Å². The Bertz CT molecular complexity index is 735. The van der Waals surface area contributed by atoms with Crippen LogP contribution in [0.4, 0.5) is 0 Å². The van der Waals surface area contributed by atoms with Gasteiger partial charge in [-0.05, 0) is 44.9 Å². The van der Waals surface area contributed by atoms with Crippen LogP contribution in [0.2, 0.25) is 0 Å². The molecule has 0 saturated carbocycles. The number of hydrogen-bond acceptors (Lipinski definition) is 3. The highest BCUT2D eigenvalue weighted by atomic mass is 15.2. The largest absolute Gasteiger partial charge is 0.263 e. The highest BCUT2D eigenvalue weighted by Crippen LogP contribution is 2.29. The lowest BCUT2D eigenvalue weighted by Gasteiger charge is -2.21. The van der Waals surface area contributed by atoms with Crippen molar-refractivity contribution in [2.75, 3.05) is 0 Å². The van der Waals surface area contributed by atoms with Gasteiger partial charge in [0.05, 0.1) is 17.1 Å². The topological polar surface area (TPSA) is 58.9 Å². The third kappa shape index (κ3) is 1.82. The van der Waals surface area contributed by atoms with E-state index in [-0.39, 0.29) is 5.41 Å². The molecule has 0 aromatic carbocycles. The zero-order valence-electron chi connectivity index (χ0n) is 11.6. The third-order valence-corrected chi connectivity index (χ3v) is 3.59. The fourth-order valence-corrected chi connectivity index (χ4v) is 2.23. The van der Waals surface area contributed by atoms with Crippen molar-refractivity contribution in [2.24, 2.45) is 0 Å². The minimum atomic E-state index is -0.251. The second-order valence-corrected chi connectivity index (χ2v) is 5.44. The molecule has 3 rings (SSSR count). The van der Waals surface area contributed by atoms with Crippen LogP contribution >= 0.6 is 0 Å². The third-order valence-electron chi connectivity index (χ3n) is 3.59. The van der Waals surface area contributed by atoms with Crippen molar-refractivity contribution < 1.29 is 0 Å². The van der Waals surface area contributed by atoms with E-state index in [1.165, 1.54) is 5.56 Å². The Morgan fingerprint density at radius 1 is 1.21 bits per heavy atom. The van der Waals surface area contributed by atoms with Crippen LogP contribution in [0.3, 0.4) is 0 Å². The van der Waals surface area contributed by atoms with Gasteiger partial charge < -0.3 is 0 Å². The van der Waals surface area contributed by atoms with Gasteiger partial charge in [-0.25, -0.2) is 9.50 Å². The Balaban J connectivity index is 2.12. The fraction of sp³-hybridized carbons (Fsp3) is 0.357. The van der Waals surface area contributed by atoms with E-state index >= 15 is 0 Å². The number of pyridine rings is 1. The predicted molar refractivity (Wildman–Crippen MR) is 73.2 cm³/mol. The van der Waals surface area contributed by atoms with E-state index in [0.717, 1.165) is 22.7 Å². The highest BCUT2D eigenvalue weighted by molar-refractivity contribution is 5.54. The molecule has 0 fully saturated rings. The van der Waals surface area contributed by atoms with Crippen molar-refractivity contribution in [2.45, 2.75) is 33.1 Å². The summed E-state index contributed by atoms with van der Waals surface area (Å²) >= 11 is 0. The van der Waals surface area contributed by atoms with Crippen LogP contribution in [-0.4, -0.2) is 24.8 Å². The predicted octanol–water partition coefficient (Wildman–Crippen LogP) is 2.40. The average molecular weight is 255 g/mol. The summed E-state index contributed by atoms with van der Waals surface area (Å²) in [6, 6.07) is 4.22. The van der Waals surface area contributed by atoms with Crippen LogP contribution in [0.1, 0.15) is 36.6 Å². The summed E-state index contributed by atoms with van der Waals surface area (Å²) in [6.45, 7) is 8.21. The summed E-state index contributed by atoms with van der Waals surface area (Å²) in [6.07, 6.45) is 3.93. The molecule has 3 aromatic rings. The second-order valence-electron chi connectivity index (χ2n) is 5.44. The minimum Gasteiger partial charge on any atom is -0.263 e. The van der Waals surface area contributed by atoms with E-state index < -0.39 is 0 Å². The Morgan fingerprint density at radius 2 is 2.00 bits per heavy atom. The molecule has 0 amide bonds. The lowest BCUT2D eigenvalue weighted by atomic mass is 9.85. The molecule has 5 heteroatoms. The first-order chi connectivity index (χ1) is 8.98. The number of aromatic amines is 1. The van der Waals surface area contributed by atoms with Gasteiger partial charge in [0, 0.05) is 6.20 Å². The standard InChI is InChI=1S/C14H17N5/c1-9-7-15-19-8-11(5-6-12(9)19)14(3,4)13-16-10(2)17-18-13/h5-8H,1-4H3,(H,16,17,18). The Morgan fingerprint density at radius 3 is 2.68 bits per heavy atom. The van der Waals surface area contributed by atoms with Gasteiger partial charge in [-0.2, -0.15) is 10.2 Å². The van der Waals surface area contributed by atoms with E-state index in [1.54, 1.807) is 0 Å². The molecule has 98 valence electrons. The van der Waals surface area contributed by atoms with Crippen molar-refractivity contribution in [3.8, 4) is 0 Å². The first-order valence-electron chi connectivity index (χ1n) is 6.32. The SMILES string of the molecule is Cc1nc(C(C)(C)c2ccc3c(C)cnn3c2)n[nH]1. The zero-order valence-corrected chi connectivity index (χ0v) is 11.6. The minimum absolute atomic E-state index is 0.251. The van der Waals surface area contributed by atoms with Gasteiger partial charge in [0.25, 0.3) is 0 Å². The van der Waals surface area contributed by atoms with E-state index in [2.05, 4.69) is 53.2 Å². The Hall–Kier alpha value is -2.17. The fourth-order valence-electron chi connectivity index (χ4n) is 2.23.